The molecule has 0 bridgehead atoms. The molecule has 15 heavy (non-hydrogen) atoms. The summed E-state index contributed by atoms with van der Waals surface area (Å²) >= 11 is 0. The van der Waals surface area contributed by atoms with Crippen LogP contribution in [0, 0.1) is 0 Å². The minimum atomic E-state index is -0.312. The molecule has 1 fully saturated rings. The van der Waals surface area contributed by atoms with Crippen LogP contribution < -0.4 is 11.1 Å². The molecule has 1 heterocycles. The lowest BCUT2D eigenvalue weighted by Crippen LogP contribution is -2.40. The van der Waals surface area contributed by atoms with Crippen molar-refractivity contribution in [3.63, 3.8) is 0 Å². The van der Waals surface area contributed by atoms with Gasteiger partial charge in [-0.2, -0.15) is 0 Å². The van der Waals surface area contributed by atoms with Crippen molar-refractivity contribution >= 4 is 11.7 Å². The van der Waals surface area contributed by atoms with E-state index in [1.807, 2.05) is 0 Å². The lowest BCUT2D eigenvalue weighted by atomic mass is 9.94. The third-order valence-corrected chi connectivity index (χ3v) is 2.82. The van der Waals surface area contributed by atoms with Crippen LogP contribution in [0.5, 0.6) is 0 Å². The van der Waals surface area contributed by atoms with E-state index >= 15 is 0 Å². The van der Waals surface area contributed by atoms with Gasteiger partial charge in [0, 0.05) is 18.0 Å². The lowest BCUT2D eigenvalue weighted by Gasteiger charge is -2.21. The Labute approximate surface area is 88.0 Å². The molecule has 0 aliphatic heterocycles. The largest absolute Gasteiger partial charge is 0.363 e. The summed E-state index contributed by atoms with van der Waals surface area (Å²) in [6, 6.07) is 1.61. The Morgan fingerprint density at radius 2 is 2.33 bits per heavy atom. The number of anilines is 1. The number of carbonyl (C=O) groups excluding carboxylic acids is 1. The number of hydrogen-bond acceptors (Lipinski definition) is 4. The number of hydrogen-bond donors (Lipinski definition) is 2. The first-order chi connectivity index (χ1) is 7.18. The van der Waals surface area contributed by atoms with E-state index in [4.69, 9.17) is 5.73 Å². The van der Waals surface area contributed by atoms with E-state index < -0.39 is 0 Å². The number of nitrogens with zero attached hydrogens (tertiary/aromatic N) is 1. The smallest absolute Gasteiger partial charge is 0.227 e. The molecule has 0 spiro atoms. The van der Waals surface area contributed by atoms with E-state index in [9.17, 15) is 4.79 Å². The van der Waals surface area contributed by atoms with Crippen LogP contribution in [0.1, 0.15) is 32.1 Å². The first-order valence-corrected chi connectivity index (χ1v) is 5.17. The van der Waals surface area contributed by atoms with Gasteiger partial charge in [0.2, 0.25) is 5.91 Å². The first-order valence-electron chi connectivity index (χ1n) is 5.17. The molecule has 0 unspecified atom stereocenters. The molecule has 1 aliphatic carbocycles. The maximum atomic E-state index is 11.6. The molecule has 1 aromatic heterocycles. The number of nitrogens with two attached hydrogens (primary N) is 1. The van der Waals surface area contributed by atoms with Crippen molar-refractivity contribution in [3.05, 3.63) is 12.3 Å². The minimum Gasteiger partial charge on any atom is -0.363 e. The standard InChI is InChI=1S/C10H15N3O2/c11-10(4-1-2-5-10)7-9(14)12-8-3-6-15-13-8/h3,6H,1-2,4-5,7,11H2,(H,12,13,14). The van der Waals surface area contributed by atoms with E-state index in [2.05, 4.69) is 15.0 Å². The van der Waals surface area contributed by atoms with E-state index in [0.717, 1.165) is 25.7 Å². The van der Waals surface area contributed by atoms with Gasteiger partial charge >= 0.3 is 0 Å². The normalized spacial score (nSPS) is 19.0. The molecule has 0 radical (unpaired) electrons. The second kappa shape index (κ2) is 4.02. The molecule has 82 valence electrons. The van der Waals surface area contributed by atoms with E-state index in [1.54, 1.807) is 6.07 Å². The molecule has 1 amide bonds. The van der Waals surface area contributed by atoms with Crippen LogP contribution in [-0.4, -0.2) is 16.6 Å². The zero-order chi connectivity index (χ0) is 10.7. The van der Waals surface area contributed by atoms with Crippen molar-refractivity contribution in [1.82, 2.24) is 5.16 Å². The summed E-state index contributed by atoms with van der Waals surface area (Å²) in [5.41, 5.74) is 5.77. The Bertz CT molecular complexity index is 328. The lowest BCUT2D eigenvalue weighted by molar-refractivity contribution is -0.117. The molecule has 0 atom stereocenters. The van der Waals surface area contributed by atoms with Crippen molar-refractivity contribution in [2.24, 2.45) is 5.73 Å². The van der Waals surface area contributed by atoms with Crippen LogP contribution in [-0.2, 0) is 4.79 Å². The van der Waals surface area contributed by atoms with Crippen molar-refractivity contribution in [1.29, 1.82) is 0 Å². The zero-order valence-electron chi connectivity index (χ0n) is 8.53. The highest BCUT2D eigenvalue weighted by atomic mass is 16.5. The predicted octanol–water partition coefficient (Wildman–Crippen LogP) is 1.27. The Morgan fingerprint density at radius 1 is 1.60 bits per heavy atom. The topological polar surface area (TPSA) is 81.2 Å². The molecular formula is C10H15N3O2. The third kappa shape index (κ3) is 2.56. The van der Waals surface area contributed by atoms with Gasteiger partial charge in [-0.1, -0.05) is 18.0 Å². The van der Waals surface area contributed by atoms with Gasteiger partial charge in [-0.3, -0.25) is 4.79 Å². The van der Waals surface area contributed by atoms with Gasteiger partial charge in [-0.05, 0) is 12.8 Å². The second-order valence-corrected chi connectivity index (χ2v) is 4.18. The summed E-state index contributed by atoms with van der Waals surface area (Å²) in [6.07, 6.45) is 5.88. The number of carbonyl (C=O) groups is 1. The molecule has 3 N–H and O–H groups in total. The predicted molar refractivity (Wildman–Crippen MR) is 55.1 cm³/mol. The van der Waals surface area contributed by atoms with Crippen LogP contribution in [0.25, 0.3) is 0 Å². The Hall–Kier alpha value is -1.36. The number of aromatic nitrogens is 1. The molecule has 1 aromatic rings. The summed E-state index contributed by atoms with van der Waals surface area (Å²) in [6.45, 7) is 0. The van der Waals surface area contributed by atoms with Crippen molar-refractivity contribution < 1.29 is 9.32 Å². The van der Waals surface area contributed by atoms with Gasteiger partial charge in [-0.15, -0.1) is 0 Å². The van der Waals surface area contributed by atoms with Crippen LogP contribution in [0.15, 0.2) is 16.9 Å². The molecule has 5 heteroatoms. The monoisotopic (exact) mass is 209 g/mol. The Morgan fingerprint density at radius 3 is 2.93 bits per heavy atom. The Kier molecular flexibility index (Phi) is 2.73. The SMILES string of the molecule is NC1(CC(=O)Nc2ccon2)CCCC1. The highest BCUT2D eigenvalue weighted by Crippen LogP contribution is 2.30. The van der Waals surface area contributed by atoms with E-state index in [-0.39, 0.29) is 11.4 Å². The maximum absolute atomic E-state index is 11.6. The van der Waals surface area contributed by atoms with Gasteiger partial charge in [0.25, 0.3) is 0 Å². The summed E-state index contributed by atoms with van der Waals surface area (Å²) in [5.74, 6) is 0.356. The molecule has 2 rings (SSSR count). The summed E-state index contributed by atoms with van der Waals surface area (Å²) in [7, 11) is 0. The van der Waals surface area contributed by atoms with Gasteiger partial charge in [0.15, 0.2) is 5.82 Å². The quantitative estimate of drug-likeness (QED) is 0.785. The zero-order valence-corrected chi connectivity index (χ0v) is 8.53. The first kappa shape index (κ1) is 10.2. The molecule has 1 aliphatic rings. The van der Waals surface area contributed by atoms with Crippen molar-refractivity contribution in [2.75, 3.05) is 5.32 Å². The van der Waals surface area contributed by atoms with Gasteiger partial charge in [-0.25, -0.2) is 0 Å². The van der Waals surface area contributed by atoms with Gasteiger partial charge < -0.3 is 15.6 Å². The maximum Gasteiger partial charge on any atom is 0.227 e. The van der Waals surface area contributed by atoms with Crippen LogP contribution in [0.2, 0.25) is 0 Å². The molecule has 0 aromatic carbocycles. The van der Waals surface area contributed by atoms with E-state index in [0.29, 0.717) is 12.2 Å². The fourth-order valence-electron chi connectivity index (χ4n) is 2.04. The number of rotatable bonds is 3. The van der Waals surface area contributed by atoms with Gasteiger partial charge in [0.05, 0.1) is 0 Å². The fourth-order valence-corrected chi connectivity index (χ4v) is 2.04. The number of amides is 1. The molecule has 5 nitrogen and oxygen atoms in total. The van der Waals surface area contributed by atoms with Crippen LogP contribution >= 0.6 is 0 Å². The van der Waals surface area contributed by atoms with Crippen molar-refractivity contribution in [3.8, 4) is 0 Å². The number of nitrogens with one attached hydrogen (secondary N) is 1. The summed E-state index contributed by atoms with van der Waals surface area (Å²) < 4.78 is 4.61. The van der Waals surface area contributed by atoms with Gasteiger partial charge in [0.1, 0.15) is 6.26 Å². The van der Waals surface area contributed by atoms with Crippen LogP contribution in [0.3, 0.4) is 0 Å². The molecule has 0 saturated heterocycles. The highest BCUT2D eigenvalue weighted by Gasteiger charge is 2.31. The molecule has 1 saturated carbocycles. The molecular weight excluding hydrogens is 194 g/mol. The third-order valence-electron chi connectivity index (χ3n) is 2.82. The average Bonchev–Trinajstić information content (AvgIpc) is 2.76. The minimum absolute atomic E-state index is 0.0895. The average molecular weight is 209 g/mol. The summed E-state index contributed by atoms with van der Waals surface area (Å²) in [4.78, 5) is 11.6. The Balaban J connectivity index is 1.87. The second-order valence-electron chi connectivity index (χ2n) is 4.18. The van der Waals surface area contributed by atoms with Crippen LogP contribution in [0.4, 0.5) is 5.82 Å². The summed E-state index contributed by atoms with van der Waals surface area (Å²) in [5, 5.41) is 6.26. The fraction of sp³-hybridized carbons (Fsp3) is 0.600. The highest BCUT2D eigenvalue weighted by molar-refractivity contribution is 5.90. The van der Waals surface area contributed by atoms with Crippen molar-refractivity contribution in [2.45, 2.75) is 37.6 Å². The van der Waals surface area contributed by atoms with E-state index in [1.165, 1.54) is 6.26 Å².